The first-order valence-corrected chi connectivity index (χ1v) is 9.48. The number of hydrogen-bond donors (Lipinski definition) is 0. The molecule has 2 aliphatic rings. The third-order valence-electron chi connectivity index (χ3n) is 4.66. The largest absolute Gasteiger partial charge is 0.497 e. The topological polar surface area (TPSA) is 76.2 Å². The summed E-state index contributed by atoms with van der Waals surface area (Å²) in [5, 5.41) is 1.38. The molecule has 0 aromatic heterocycles. The molecule has 0 unspecified atom stereocenters. The molecule has 8 heteroatoms. The standard InChI is InChI=1S/C16H22N2O5S/c1-3-18-15(19)12-16(23-18)7-9-17(10-8-16)24(20,21)14-6-4-5-13(11-14)22-2/h4-6,11H,3,7-10,12H2,1-2H3. The van der Waals surface area contributed by atoms with Crippen LogP contribution < -0.4 is 4.74 Å². The molecule has 1 amide bonds. The molecular weight excluding hydrogens is 332 g/mol. The van der Waals surface area contributed by atoms with Gasteiger partial charge in [-0.05, 0) is 31.9 Å². The number of amides is 1. The normalized spacial score (nSPS) is 21.4. The van der Waals surface area contributed by atoms with Crippen LogP contribution in [0.1, 0.15) is 26.2 Å². The second-order valence-corrected chi connectivity index (χ2v) is 8.06. The molecule has 1 spiro atoms. The molecule has 0 N–H and O–H groups in total. The summed E-state index contributed by atoms with van der Waals surface area (Å²) in [4.78, 5) is 17.9. The van der Waals surface area contributed by atoms with Crippen LogP contribution in [0, 0.1) is 0 Å². The molecule has 2 aliphatic heterocycles. The molecule has 3 rings (SSSR count). The summed E-state index contributed by atoms with van der Waals surface area (Å²) < 4.78 is 32.1. The van der Waals surface area contributed by atoms with Crippen LogP contribution in [0.2, 0.25) is 0 Å². The van der Waals surface area contributed by atoms with Gasteiger partial charge in [0.15, 0.2) is 0 Å². The van der Waals surface area contributed by atoms with Gasteiger partial charge in [0.05, 0.1) is 18.4 Å². The van der Waals surface area contributed by atoms with Gasteiger partial charge in [0, 0.05) is 25.7 Å². The van der Waals surface area contributed by atoms with Crippen molar-refractivity contribution in [2.75, 3.05) is 26.7 Å². The number of methoxy groups -OCH3 is 1. The number of hydrogen-bond acceptors (Lipinski definition) is 5. The van der Waals surface area contributed by atoms with Crippen molar-refractivity contribution in [3.05, 3.63) is 24.3 Å². The van der Waals surface area contributed by atoms with Gasteiger partial charge in [0.1, 0.15) is 11.4 Å². The summed E-state index contributed by atoms with van der Waals surface area (Å²) in [6.07, 6.45) is 1.35. The van der Waals surface area contributed by atoms with E-state index in [9.17, 15) is 13.2 Å². The number of piperidine rings is 1. The van der Waals surface area contributed by atoms with E-state index in [0.29, 0.717) is 44.6 Å². The van der Waals surface area contributed by atoms with Crippen LogP contribution in [0.15, 0.2) is 29.2 Å². The zero-order valence-electron chi connectivity index (χ0n) is 13.9. The molecule has 2 fully saturated rings. The molecule has 24 heavy (non-hydrogen) atoms. The minimum absolute atomic E-state index is 0.0263. The summed E-state index contributed by atoms with van der Waals surface area (Å²) in [7, 11) is -2.07. The summed E-state index contributed by atoms with van der Waals surface area (Å²) in [5.41, 5.74) is -0.548. The summed E-state index contributed by atoms with van der Waals surface area (Å²) in [5.74, 6) is 0.481. The maximum atomic E-state index is 12.8. The fourth-order valence-electron chi connectivity index (χ4n) is 3.23. The number of rotatable bonds is 4. The van der Waals surface area contributed by atoms with Crippen molar-refractivity contribution < 1.29 is 22.8 Å². The van der Waals surface area contributed by atoms with Crippen molar-refractivity contribution in [1.29, 1.82) is 0 Å². The third kappa shape index (κ3) is 3.01. The van der Waals surface area contributed by atoms with Gasteiger partial charge in [-0.25, -0.2) is 13.5 Å². The molecule has 0 aliphatic carbocycles. The fraction of sp³-hybridized carbons (Fsp3) is 0.562. The molecule has 0 bridgehead atoms. The Kier molecular flexibility index (Phi) is 4.54. The highest BCUT2D eigenvalue weighted by molar-refractivity contribution is 7.89. The van der Waals surface area contributed by atoms with Crippen molar-refractivity contribution in [2.24, 2.45) is 0 Å². The van der Waals surface area contributed by atoms with E-state index < -0.39 is 15.6 Å². The number of nitrogens with zero attached hydrogens (tertiary/aromatic N) is 2. The van der Waals surface area contributed by atoms with Crippen molar-refractivity contribution in [1.82, 2.24) is 9.37 Å². The van der Waals surface area contributed by atoms with E-state index in [2.05, 4.69) is 0 Å². The van der Waals surface area contributed by atoms with Crippen LogP contribution in [-0.2, 0) is 19.7 Å². The molecule has 0 saturated carbocycles. The number of ether oxygens (including phenoxy) is 1. The van der Waals surface area contributed by atoms with E-state index in [0.717, 1.165) is 0 Å². The van der Waals surface area contributed by atoms with E-state index in [1.165, 1.54) is 22.5 Å². The zero-order chi connectivity index (χ0) is 17.4. The quantitative estimate of drug-likeness (QED) is 0.817. The first-order valence-electron chi connectivity index (χ1n) is 8.04. The highest BCUT2D eigenvalue weighted by Gasteiger charge is 2.47. The number of carbonyl (C=O) groups excluding carboxylic acids is 1. The molecule has 2 saturated heterocycles. The van der Waals surface area contributed by atoms with Gasteiger partial charge in [-0.3, -0.25) is 9.63 Å². The third-order valence-corrected chi connectivity index (χ3v) is 6.55. The van der Waals surface area contributed by atoms with Gasteiger partial charge < -0.3 is 4.74 Å². The molecule has 0 atom stereocenters. The Morgan fingerprint density at radius 3 is 2.58 bits per heavy atom. The molecule has 2 heterocycles. The minimum atomic E-state index is -3.57. The van der Waals surface area contributed by atoms with E-state index in [-0.39, 0.29) is 10.8 Å². The highest BCUT2D eigenvalue weighted by Crippen LogP contribution is 2.37. The summed E-state index contributed by atoms with van der Waals surface area (Å²) in [6, 6.07) is 6.46. The Hall–Kier alpha value is -1.64. The summed E-state index contributed by atoms with van der Waals surface area (Å²) in [6.45, 7) is 3.04. The Morgan fingerprint density at radius 2 is 2.00 bits per heavy atom. The zero-order valence-corrected chi connectivity index (χ0v) is 14.7. The lowest BCUT2D eigenvalue weighted by atomic mass is 9.89. The van der Waals surface area contributed by atoms with Crippen LogP contribution in [-0.4, -0.2) is 56.0 Å². The fourth-order valence-corrected chi connectivity index (χ4v) is 4.71. The first kappa shape index (κ1) is 17.2. The molecule has 0 radical (unpaired) electrons. The number of benzene rings is 1. The number of hydroxylamine groups is 2. The van der Waals surface area contributed by atoms with Crippen molar-refractivity contribution >= 4 is 15.9 Å². The second-order valence-electron chi connectivity index (χ2n) is 6.12. The lowest BCUT2D eigenvalue weighted by Crippen LogP contribution is -2.47. The van der Waals surface area contributed by atoms with Crippen molar-refractivity contribution in [3.8, 4) is 5.75 Å². The van der Waals surface area contributed by atoms with Gasteiger partial charge >= 0.3 is 0 Å². The lowest BCUT2D eigenvalue weighted by Gasteiger charge is -2.37. The van der Waals surface area contributed by atoms with E-state index in [1.807, 2.05) is 6.92 Å². The van der Waals surface area contributed by atoms with Crippen LogP contribution in [0.3, 0.4) is 0 Å². The van der Waals surface area contributed by atoms with Gasteiger partial charge in [0.2, 0.25) is 15.9 Å². The Labute approximate surface area is 142 Å². The predicted octanol–water partition coefficient (Wildman–Crippen LogP) is 1.40. The van der Waals surface area contributed by atoms with Crippen LogP contribution in [0.5, 0.6) is 5.75 Å². The van der Waals surface area contributed by atoms with Crippen molar-refractivity contribution in [2.45, 2.75) is 36.7 Å². The Bertz CT molecular complexity index is 726. The average Bonchev–Trinajstić information content (AvgIpc) is 2.90. The number of carbonyl (C=O) groups is 1. The van der Waals surface area contributed by atoms with Crippen molar-refractivity contribution in [3.63, 3.8) is 0 Å². The van der Waals surface area contributed by atoms with E-state index in [1.54, 1.807) is 18.2 Å². The smallest absolute Gasteiger partial charge is 0.249 e. The van der Waals surface area contributed by atoms with E-state index >= 15 is 0 Å². The molecule has 1 aromatic rings. The van der Waals surface area contributed by atoms with Gasteiger partial charge in [-0.2, -0.15) is 4.31 Å². The number of sulfonamides is 1. The summed E-state index contributed by atoms with van der Waals surface area (Å²) >= 11 is 0. The van der Waals surface area contributed by atoms with Gasteiger partial charge in [0.25, 0.3) is 0 Å². The van der Waals surface area contributed by atoms with E-state index in [4.69, 9.17) is 9.57 Å². The predicted molar refractivity (Wildman–Crippen MR) is 86.8 cm³/mol. The monoisotopic (exact) mass is 354 g/mol. The maximum absolute atomic E-state index is 12.8. The first-order chi connectivity index (χ1) is 11.4. The molecule has 1 aromatic carbocycles. The molecule has 7 nitrogen and oxygen atoms in total. The van der Waals surface area contributed by atoms with Crippen LogP contribution >= 0.6 is 0 Å². The lowest BCUT2D eigenvalue weighted by molar-refractivity contribution is -0.206. The van der Waals surface area contributed by atoms with Gasteiger partial charge in [-0.15, -0.1) is 0 Å². The molecular formula is C16H22N2O5S. The highest BCUT2D eigenvalue weighted by atomic mass is 32.2. The Balaban J connectivity index is 1.73. The van der Waals surface area contributed by atoms with Gasteiger partial charge in [-0.1, -0.05) is 6.07 Å². The average molecular weight is 354 g/mol. The SMILES string of the molecule is CCN1OC2(CCN(S(=O)(=O)c3cccc(OC)c3)CC2)CC1=O. The molecule has 132 valence electrons. The second kappa shape index (κ2) is 6.34. The van der Waals surface area contributed by atoms with Crippen LogP contribution in [0.25, 0.3) is 0 Å². The van der Waals surface area contributed by atoms with Crippen LogP contribution in [0.4, 0.5) is 0 Å². The Morgan fingerprint density at radius 1 is 1.29 bits per heavy atom. The maximum Gasteiger partial charge on any atom is 0.249 e. The minimum Gasteiger partial charge on any atom is -0.497 e.